The van der Waals surface area contributed by atoms with Gasteiger partial charge in [0.05, 0.1) is 12.6 Å². The SMILES string of the molecule is CCOc1cccc(NC(CC)c2ccc(Cl)cc2)c1. The van der Waals surface area contributed by atoms with Crippen molar-refractivity contribution in [2.75, 3.05) is 11.9 Å². The summed E-state index contributed by atoms with van der Waals surface area (Å²) in [7, 11) is 0. The van der Waals surface area contributed by atoms with E-state index in [4.69, 9.17) is 16.3 Å². The largest absolute Gasteiger partial charge is 0.494 e. The Morgan fingerprint density at radius 1 is 1.10 bits per heavy atom. The third-order valence-electron chi connectivity index (χ3n) is 3.17. The number of nitrogens with one attached hydrogen (secondary N) is 1. The molecule has 0 amide bonds. The second kappa shape index (κ2) is 7.20. The van der Waals surface area contributed by atoms with Crippen LogP contribution in [0.25, 0.3) is 0 Å². The summed E-state index contributed by atoms with van der Waals surface area (Å²) in [6.07, 6.45) is 1.00. The van der Waals surface area contributed by atoms with Gasteiger partial charge in [-0.15, -0.1) is 0 Å². The fourth-order valence-electron chi connectivity index (χ4n) is 2.16. The van der Waals surface area contributed by atoms with Gasteiger partial charge in [0.15, 0.2) is 0 Å². The van der Waals surface area contributed by atoms with Gasteiger partial charge in [-0.3, -0.25) is 0 Å². The lowest BCUT2D eigenvalue weighted by molar-refractivity contribution is 0.340. The highest BCUT2D eigenvalue weighted by Gasteiger charge is 2.09. The molecule has 20 heavy (non-hydrogen) atoms. The summed E-state index contributed by atoms with van der Waals surface area (Å²) in [6, 6.07) is 16.3. The fourth-order valence-corrected chi connectivity index (χ4v) is 2.29. The average Bonchev–Trinajstić information content (AvgIpc) is 2.47. The Morgan fingerprint density at radius 3 is 2.50 bits per heavy atom. The highest BCUT2D eigenvalue weighted by Crippen LogP contribution is 2.26. The Balaban J connectivity index is 2.13. The number of benzene rings is 2. The van der Waals surface area contributed by atoms with Crippen molar-refractivity contribution in [1.82, 2.24) is 0 Å². The molecule has 1 unspecified atom stereocenters. The van der Waals surface area contributed by atoms with Crippen LogP contribution in [0, 0.1) is 0 Å². The maximum absolute atomic E-state index is 5.94. The van der Waals surface area contributed by atoms with E-state index in [1.54, 1.807) is 0 Å². The van der Waals surface area contributed by atoms with Gasteiger partial charge in [0.1, 0.15) is 5.75 Å². The van der Waals surface area contributed by atoms with Crippen molar-refractivity contribution in [3.05, 3.63) is 59.1 Å². The summed E-state index contributed by atoms with van der Waals surface area (Å²) in [4.78, 5) is 0. The molecular weight excluding hydrogens is 270 g/mol. The molecule has 1 N–H and O–H groups in total. The van der Waals surface area contributed by atoms with Crippen molar-refractivity contribution in [1.29, 1.82) is 0 Å². The molecule has 1 atom stereocenters. The molecular formula is C17H20ClNO. The summed E-state index contributed by atoms with van der Waals surface area (Å²) in [5, 5.41) is 4.31. The summed E-state index contributed by atoms with van der Waals surface area (Å²) < 4.78 is 5.53. The number of rotatable bonds is 6. The van der Waals surface area contributed by atoms with E-state index < -0.39 is 0 Å². The Morgan fingerprint density at radius 2 is 1.85 bits per heavy atom. The van der Waals surface area contributed by atoms with Crippen LogP contribution >= 0.6 is 11.6 Å². The van der Waals surface area contributed by atoms with E-state index in [9.17, 15) is 0 Å². The minimum atomic E-state index is 0.268. The van der Waals surface area contributed by atoms with E-state index in [2.05, 4.69) is 30.4 Å². The van der Waals surface area contributed by atoms with Crippen molar-refractivity contribution in [3.63, 3.8) is 0 Å². The topological polar surface area (TPSA) is 21.3 Å². The summed E-state index contributed by atoms with van der Waals surface area (Å²) in [5.74, 6) is 0.892. The standard InChI is InChI=1S/C17H20ClNO/c1-3-17(13-8-10-14(18)11-9-13)19-15-6-5-7-16(12-15)20-4-2/h5-12,17,19H,3-4H2,1-2H3. The first-order chi connectivity index (χ1) is 9.72. The van der Waals surface area contributed by atoms with E-state index >= 15 is 0 Å². The second-order valence-electron chi connectivity index (χ2n) is 4.62. The molecule has 0 aliphatic rings. The van der Waals surface area contributed by atoms with Crippen LogP contribution in [0.15, 0.2) is 48.5 Å². The van der Waals surface area contributed by atoms with Gasteiger partial charge in [-0.1, -0.05) is 36.7 Å². The Bertz CT molecular complexity index is 539. The lowest BCUT2D eigenvalue weighted by Crippen LogP contribution is -2.09. The molecule has 0 saturated carbocycles. The fraction of sp³-hybridized carbons (Fsp3) is 0.294. The molecule has 0 fully saturated rings. The third kappa shape index (κ3) is 3.91. The van der Waals surface area contributed by atoms with Crippen LogP contribution in [0.1, 0.15) is 31.9 Å². The molecule has 0 heterocycles. The van der Waals surface area contributed by atoms with Crippen molar-refractivity contribution in [2.24, 2.45) is 0 Å². The number of hydrogen-bond acceptors (Lipinski definition) is 2. The van der Waals surface area contributed by atoms with Crippen LogP contribution < -0.4 is 10.1 Å². The van der Waals surface area contributed by atoms with Gasteiger partial charge >= 0.3 is 0 Å². The predicted octanol–water partition coefficient (Wildman–Crippen LogP) is 5.30. The number of anilines is 1. The van der Waals surface area contributed by atoms with Gasteiger partial charge in [-0.05, 0) is 43.2 Å². The van der Waals surface area contributed by atoms with Gasteiger partial charge in [-0.2, -0.15) is 0 Å². The lowest BCUT2D eigenvalue weighted by atomic mass is 10.0. The molecule has 0 aromatic heterocycles. The van der Waals surface area contributed by atoms with Gasteiger partial charge in [0.25, 0.3) is 0 Å². The van der Waals surface area contributed by atoms with Crippen molar-refractivity contribution < 1.29 is 4.74 Å². The molecule has 0 saturated heterocycles. The first-order valence-corrected chi connectivity index (χ1v) is 7.35. The molecule has 2 aromatic rings. The van der Waals surface area contributed by atoms with Crippen molar-refractivity contribution in [2.45, 2.75) is 26.3 Å². The molecule has 0 aliphatic carbocycles. The third-order valence-corrected chi connectivity index (χ3v) is 3.42. The van der Waals surface area contributed by atoms with Crippen LogP contribution in [0.3, 0.4) is 0 Å². The van der Waals surface area contributed by atoms with Gasteiger partial charge in [0, 0.05) is 16.8 Å². The van der Waals surface area contributed by atoms with E-state index in [0.29, 0.717) is 6.61 Å². The molecule has 2 nitrogen and oxygen atoms in total. The predicted molar refractivity (Wildman–Crippen MR) is 85.7 cm³/mol. The van der Waals surface area contributed by atoms with Crippen LogP contribution in [-0.2, 0) is 0 Å². The minimum Gasteiger partial charge on any atom is -0.494 e. The molecule has 2 aromatic carbocycles. The maximum atomic E-state index is 5.94. The Labute approximate surface area is 125 Å². The summed E-state index contributed by atoms with van der Waals surface area (Å²) in [6.45, 7) is 4.83. The van der Waals surface area contributed by atoms with E-state index in [1.807, 2.05) is 37.3 Å². The Kier molecular flexibility index (Phi) is 5.31. The highest BCUT2D eigenvalue weighted by molar-refractivity contribution is 6.30. The number of halogens is 1. The molecule has 0 spiro atoms. The molecule has 3 heteroatoms. The first kappa shape index (κ1) is 14.7. The molecule has 106 valence electrons. The molecule has 0 radical (unpaired) electrons. The van der Waals surface area contributed by atoms with Gasteiger partial charge in [-0.25, -0.2) is 0 Å². The molecule has 2 rings (SSSR count). The first-order valence-electron chi connectivity index (χ1n) is 6.97. The second-order valence-corrected chi connectivity index (χ2v) is 5.05. The highest BCUT2D eigenvalue weighted by atomic mass is 35.5. The van der Waals surface area contributed by atoms with Crippen LogP contribution in [0.4, 0.5) is 5.69 Å². The average molecular weight is 290 g/mol. The van der Waals surface area contributed by atoms with E-state index in [0.717, 1.165) is 22.9 Å². The van der Waals surface area contributed by atoms with Crippen LogP contribution in [0.5, 0.6) is 5.75 Å². The zero-order valence-corrected chi connectivity index (χ0v) is 12.7. The summed E-state index contributed by atoms with van der Waals surface area (Å²) >= 11 is 5.94. The minimum absolute atomic E-state index is 0.268. The quantitative estimate of drug-likeness (QED) is 0.779. The summed E-state index contributed by atoms with van der Waals surface area (Å²) in [5.41, 5.74) is 2.30. The van der Waals surface area contributed by atoms with Gasteiger partial charge in [0.2, 0.25) is 0 Å². The van der Waals surface area contributed by atoms with E-state index in [-0.39, 0.29) is 6.04 Å². The Hall–Kier alpha value is -1.67. The van der Waals surface area contributed by atoms with Gasteiger partial charge < -0.3 is 10.1 Å². The lowest BCUT2D eigenvalue weighted by Gasteiger charge is -2.19. The number of ether oxygens (including phenoxy) is 1. The maximum Gasteiger partial charge on any atom is 0.121 e. The van der Waals surface area contributed by atoms with Crippen molar-refractivity contribution in [3.8, 4) is 5.75 Å². The monoisotopic (exact) mass is 289 g/mol. The van der Waals surface area contributed by atoms with Crippen LogP contribution in [0.2, 0.25) is 5.02 Å². The normalized spacial score (nSPS) is 11.9. The number of hydrogen-bond donors (Lipinski definition) is 1. The molecule has 0 bridgehead atoms. The van der Waals surface area contributed by atoms with Crippen molar-refractivity contribution >= 4 is 17.3 Å². The zero-order chi connectivity index (χ0) is 14.4. The smallest absolute Gasteiger partial charge is 0.121 e. The molecule has 0 aliphatic heterocycles. The van der Waals surface area contributed by atoms with E-state index in [1.165, 1.54) is 5.56 Å². The van der Waals surface area contributed by atoms with Crippen LogP contribution in [-0.4, -0.2) is 6.61 Å². The zero-order valence-electron chi connectivity index (χ0n) is 11.9.